The number of amides is 4. The number of nitrogens with one attached hydrogen (secondary N) is 4. The van der Waals surface area contributed by atoms with Gasteiger partial charge in [-0.15, -0.1) is 0 Å². The van der Waals surface area contributed by atoms with Gasteiger partial charge in [-0.25, -0.2) is 0 Å². The zero-order valence-corrected chi connectivity index (χ0v) is 21.5. The number of carbonyl (C=O) groups is 5. The Morgan fingerprint density at radius 1 is 0.944 bits per heavy atom. The molecule has 4 amide bonds. The number of carbonyl (C=O) groups excluding carboxylic acids is 5. The normalized spacial score (nSPS) is 26.2. The van der Waals surface area contributed by atoms with Crippen molar-refractivity contribution in [1.82, 2.24) is 21.3 Å². The summed E-state index contributed by atoms with van der Waals surface area (Å²) in [6.07, 6.45) is 3.30. The molecule has 13 nitrogen and oxygen atoms in total. The van der Waals surface area contributed by atoms with Crippen molar-refractivity contribution >= 4 is 29.6 Å². The van der Waals surface area contributed by atoms with Gasteiger partial charge < -0.3 is 41.2 Å². The van der Waals surface area contributed by atoms with Crippen LogP contribution in [0.4, 0.5) is 0 Å². The van der Waals surface area contributed by atoms with Crippen LogP contribution >= 0.6 is 0 Å². The van der Waals surface area contributed by atoms with Gasteiger partial charge in [0.25, 0.3) is 0 Å². The summed E-state index contributed by atoms with van der Waals surface area (Å²) in [5.41, 5.74) is 5.88. The maximum absolute atomic E-state index is 13.1. The third kappa shape index (κ3) is 10.7. The van der Waals surface area contributed by atoms with Crippen LogP contribution in [-0.2, 0) is 38.2 Å². The molecule has 0 aliphatic carbocycles. The highest BCUT2D eigenvalue weighted by Crippen LogP contribution is 2.08. The summed E-state index contributed by atoms with van der Waals surface area (Å²) in [4.78, 5) is 62.7. The third-order valence-electron chi connectivity index (χ3n) is 5.27. The van der Waals surface area contributed by atoms with Gasteiger partial charge in [0.1, 0.15) is 30.7 Å². The fourth-order valence-electron chi connectivity index (χ4n) is 3.10. The average Bonchev–Trinajstić information content (AvgIpc) is 2.83. The zero-order chi connectivity index (χ0) is 27.3. The number of hydrogen-bond donors (Lipinski definition) is 5. The topological polar surface area (TPSA) is 187 Å². The van der Waals surface area contributed by atoms with Gasteiger partial charge >= 0.3 is 5.97 Å². The van der Waals surface area contributed by atoms with Crippen molar-refractivity contribution in [3.63, 3.8) is 0 Å². The maximum atomic E-state index is 13.1. The number of ether oxygens (including phenoxy) is 3. The van der Waals surface area contributed by atoms with Crippen molar-refractivity contribution in [2.45, 2.75) is 51.9 Å². The first-order valence-corrected chi connectivity index (χ1v) is 11.8. The Morgan fingerprint density at radius 3 is 1.97 bits per heavy atom. The van der Waals surface area contributed by atoms with Gasteiger partial charge in [-0.05, 0) is 11.8 Å². The molecule has 1 heterocycles. The Bertz CT molecular complexity index is 801. The molecule has 0 spiro atoms. The molecule has 0 unspecified atom stereocenters. The molecule has 13 heteroatoms. The smallest absolute Gasteiger partial charge is 0.325 e. The second-order valence-electron chi connectivity index (χ2n) is 8.97. The summed E-state index contributed by atoms with van der Waals surface area (Å²) in [5.74, 6) is -3.76. The minimum atomic E-state index is -1.15. The van der Waals surface area contributed by atoms with Crippen molar-refractivity contribution in [3.8, 4) is 0 Å². The lowest BCUT2D eigenvalue weighted by Crippen LogP contribution is -2.60. The number of hydrogen-bond acceptors (Lipinski definition) is 9. The van der Waals surface area contributed by atoms with E-state index in [0.717, 1.165) is 0 Å². The fourth-order valence-corrected chi connectivity index (χ4v) is 3.10. The van der Waals surface area contributed by atoms with Crippen LogP contribution in [-0.4, -0.2) is 93.8 Å². The summed E-state index contributed by atoms with van der Waals surface area (Å²) >= 11 is 0. The molecule has 0 radical (unpaired) electrons. The van der Waals surface area contributed by atoms with E-state index < -0.39 is 53.8 Å². The van der Waals surface area contributed by atoms with Crippen LogP contribution in [0.2, 0.25) is 0 Å². The van der Waals surface area contributed by atoms with E-state index in [1.165, 1.54) is 7.11 Å². The Balaban J connectivity index is 3.15. The zero-order valence-electron chi connectivity index (χ0n) is 21.5. The summed E-state index contributed by atoms with van der Waals surface area (Å²) in [6, 6.07) is -4.13. The number of esters is 1. The predicted molar refractivity (Wildman–Crippen MR) is 129 cm³/mol. The lowest BCUT2D eigenvalue weighted by molar-refractivity contribution is -0.141. The standard InChI is InChI=1S/C23H39N5O8/c1-13(2)18-22(32)26-16(21(31)25-10-17(29)34-5)12-36-9-7-6-8-35-11-15(24)20(30)27-19(14(3)4)23(33)28-18/h6-7,13-16,18-19H,8-12,24H2,1-5H3,(H,25,31)(H,26,32)(H,27,30)(H,28,33)/b7-6+/t15-,16-,18-,19-/m0/s1. The van der Waals surface area contributed by atoms with E-state index in [-0.39, 0.29) is 44.8 Å². The van der Waals surface area contributed by atoms with E-state index in [4.69, 9.17) is 15.2 Å². The highest BCUT2D eigenvalue weighted by Gasteiger charge is 2.33. The van der Waals surface area contributed by atoms with Crippen molar-refractivity contribution in [2.24, 2.45) is 17.6 Å². The monoisotopic (exact) mass is 513 g/mol. The largest absolute Gasteiger partial charge is 0.468 e. The lowest BCUT2D eigenvalue weighted by atomic mass is 9.99. The van der Waals surface area contributed by atoms with Crippen LogP contribution in [0.5, 0.6) is 0 Å². The summed E-state index contributed by atoms with van der Waals surface area (Å²) in [7, 11) is 1.18. The molecular formula is C23H39N5O8. The Hall–Kier alpha value is -3.03. The Labute approximate surface area is 211 Å². The Kier molecular flexibility index (Phi) is 13.7. The lowest BCUT2D eigenvalue weighted by Gasteiger charge is -2.29. The van der Waals surface area contributed by atoms with Crippen LogP contribution in [0.25, 0.3) is 0 Å². The molecule has 1 rings (SSSR count). The van der Waals surface area contributed by atoms with E-state index >= 15 is 0 Å². The van der Waals surface area contributed by atoms with Crippen LogP contribution in [0.1, 0.15) is 27.7 Å². The van der Waals surface area contributed by atoms with Crippen molar-refractivity contribution < 1.29 is 38.2 Å². The third-order valence-corrected chi connectivity index (χ3v) is 5.27. The van der Waals surface area contributed by atoms with Gasteiger partial charge in [0, 0.05) is 0 Å². The van der Waals surface area contributed by atoms with Crippen LogP contribution in [0.15, 0.2) is 12.2 Å². The first kappa shape index (κ1) is 31.0. The summed E-state index contributed by atoms with van der Waals surface area (Å²) in [5, 5.41) is 10.2. The number of methoxy groups -OCH3 is 1. The second-order valence-corrected chi connectivity index (χ2v) is 8.97. The number of rotatable bonds is 5. The molecule has 0 fully saturated rings. The molecule has 1 aliphatic rings. The highest BCUT2D eigenvalue weighted by molar-refractivity contribution is 5.95. The van der Waals surface area contributed by atoms with Crippen molar-refractivity contribution in [3.05, 3.63) is 12.2 Å². The first-order chi connectivity index (χ1) is 17.0. The molecule has 0 saturated carbocycles. The molecule has 36 heavy (non-hydrogen) atoms. The molecule has 4 atom stereocenters. The van der Waals surface area contributed by atoms with Gasteiger partial charge in [0.15, 0.2) is 0 Å². The molecular weight excluding hydrogens is 474 g/mol. The fraction of sp³-hybridized carbons (Fsp3) is 0.696. The maximum Gasteiger partial charge on any atom is 0.325 e. The van der Waals surface area contributed by atoms with E-state index in [0.29, 0.717) is 0 Å². The predicted octanol–water partition coefficient (Wildman–Crippen LogP) is -2.03. The molecule has 0 bridgehead atoms. The number of nitrogens with two attached hydrogens (primary N) is 1. The van der Waals surface area contributed by atoms with E-state index in [9.17, 15) is 24.0 Å². The highest BCUT2D eigenvalue weighted by atomic mass is 16.5. The van der Waals surface area contributed by atoms with Gasteiger partial charge in [0.05, 0.1) is 33.5 Å². The van der Waals surface area contributed by atoms with Crippen LogP contribution in [0.3, 0.4) is 0 Å². The first-order valence-electron chi connectivity index (χ1n) is 11.8. The van der Waals surface area contributed by atoms with Crippen LogP contribution < -0.4 is 27.0 Å². The molecule has 0 aromatic carbocycles. The minimum Gasteiger partial charge on any atom is -0.468 e. The van der Waals surface area contributed by atoms with Gasteiger partial charge in [-0.1, -0.05) is 39.8 Å². The molecule has 0 saturated heterocycles. The van der Waals surface area contributed by atoms with Crippen molar-refractivity contribution in [1.29, 1.82) is 0 Å². The molecule has 0 aromatic rings. The summed E-state index contributed by atoms with van der Waals surface area (Å²) in [6.45, 7) is 6.55. The molecule has 1 aliphatic heterocycles. The molecule has 204 valence electrons. The SMILES string of the molecule is COC(=O)CNC(=O)[C@@H]1COC/C=C/COC[C@H](N)C(=O)N[C@@H](C(C)C)C(=O)N[C@@H](C(C)C)C(=O)N1. The van der Waals surface area contributed by atoms with Crippen LogP contribution in [0, 0.1) is 11.8 Å². The average molecular weight is 514 g/mol. The molecule has 6 N–H and O–H groups in total. The molecule has 0 aromatic heterocycles. The minimum absolute atomic E-state index is 0.0665. The van der Waals surface area contributed by atoms with E-state index in [1.54, 1.807) is 39.8 Å². The Morgan fingerprint density at radius 2 is 1.44 bits per heavy atom. The van der Waals surface area contributed by atoms with Crippen molar-refractivity contribution in [2.75, 3.05) is 40.1 Å². The van der Waals surface area contributed by atoms with Gasteiger partial charge in [-0.2, -0.15) is 0 Å². The quantitative estimate of drug-likeness (QED) is 0.204. The van der Waals surface area contributed by atoms with Gasteiger partial charge in [0.2, 0.25) is 23.6 Å². The van der Waals surface area contributed by atoms with E-state index in [1.807, 2.05) is 0 Å². The summed E-state index contributed by atoms with van der Waals surface area (Å²) < 4.78 is 15.4. The van der Waals surface area contributed by atoms with Gasteiger partial charge in [-0.3, -0.25) is 24.0 Å². The van der Waals surface area contributed by atoms with E-state index in [2.05, 4.69) is 26.0 Å². The second kappa shape index (κ2) is 15.9.